The summed E-state index contributed by atoms with van der Waals surface area (Å²) in [5.74, 6) is 6.49. The van der Waals surface area contributed by atoms with Gasteiger partial charge in [-0.05, 0) is 18.8 Å². The smallest absolute Gasteiger partial charge is 0.308 e. The second-order valence-corrected chi connectivity index (χ2v) is 9.41. The Bertz CT molecular complexity index is 396. The number of unbranched alkanes of at least 4 members (excludes halogenated alkanes) is 9. The average Bonchev–Trinajstić information content (AvgIpc) is 2.59. The Balaban J connectivity index is 3.82. The topological polar surface area (TPSA) is 35.5 Å². The molecule has 0 aliphatic heterocycles. The molecule has 0 fully saturated rings. The molecule has 0 amide bonds. The summed E-state index contributed by atoms with van der Waals surface area (Å²) in [5, 5.41) is 0. The zero-order valence-electron chi connectivity index (χ0n) is 17.1. The molecular weight excluding hydrogens is 331 g/mol. The molecule has 0 N–H and O–H groups in total. The molecule has 0 rings (SSSR count). The third kappa shape index (κ3) is 16.9. The van der Waals surface area contributed by atoms with Gasteiger partial charge in [0.05, 0.1) is 12.8 Å². The lowest BCUT2D eigenvalue weighted by Gasteiger charge is -2.18. The quantitative estimate of drug-likeness (QED) is 0.163. The Labute approximate surface area is 157 Å². The minimum atomic E-state index is -2.97. The largest absolute Gasteiger partial charge is 0.331 e. The Hall–Kier alpha value is -0.290. The molecule has 0 aliphatic rings. The van der Waals surface area contributed by atoms with Crippen LogP contribution in [0.4, 0.5) is 0 Å². The van der Waals surface area contributed by atoms with Gasteiger partial charge in [0, 0.05) is 6.42 Å². The van der Waals surface area contributed by atoms with Crippen molar-refractivity contribution in [3.05, 3.63) is 0 Å². The van der Waals surface area contributed by atoms with Gasteiger partial charge in [0.1, 0.15) is 6.61 Å². The molecule has 0 saturated carbocycles. The molecular formula is C21H41O3P. The van der Waals surface area contributed by atoms with Crippen molar-refractivity contribution in [3.8, 4) is 11.8 Å². The lowest BCUT2D eigenvalue weighted by Crippen LogP contribution is -2.06. The van der Waals surface area contributed by atoms with Crippen LogP contribution in [0.2, 0.25) is 0 Å². The van der Waals surface area contributed by atoms with Crippen LogP contribution in [-0.4, -0.2) is 19.4 Å². The van der Waals surface area contributed by atoms with E-state index >= 15 is 0 Å². The van der Waals surface area contributed by atoms with Gasteiger partial charge in [-0.15, -0.1) is 5.92 Å². The van der Waals surface area contributed by atoms with Gasteiger partial charge in [0.15, 0.2) is 0 Å². The van der Waals surface area contributed by atoms with Crippen molar-refractivity contribution in [3.63, 3.8) is 0 Å². The van der Waals surface area contributed by atoms with Crippen molar-refractivity contribution in [1.29, 1.82) is 0 Å². The van der Waals surface area contributed by atoms with Gasteiger partial charge in [-0.1, -0.05) is 85.0 Å². The average molecular weight is 373 g/mol. The zero-order chi connectivity index (χ0) is 18.8. The molecule has 148 valence electrons. The van der Waals surface area contributed by atoms with E-state index in [-0.39, 0.29) is 6.61 Å². The first kappa shape index (κ1) is 24.7. The lowest BCUT2D eigenvalue weighted by molar-refractivity contribution is 0.200. The standard InChI is InChI=1S/C21H41O3P/c1-5-7-9-10-11-12-13-14-15-16-17-18-23-25(22,19-8-6-2)24-20-21(3)4/h21H,5-15,18-20H2,1-4H3. The first-order valence-electron chi connectivity index (χ1n) is 10.4. The van der Waals surface area contributed by atoms with E-state index in [1.807, 2.05) is 13.8 Å². The van der Waals surface area contributed by atoms with Crippen LogP contribution in [0.15, 0.2) is 0 Å². The molecule has 0 saturated heterocycles. The highest BCUT2D eigenvalue weighted by atomic mass is 31.2. The number of hydrogen-bond acceptors (Lipinski definition) is 3. The van der Waals surface area contributed by atoms with E-state index in [0.717, 1.165) is 25.7 Å². The van der Waals surface area contributed by atoms with E-state index in [2.05, 4.69) is 25.7 Å². The fraction of sp³-hybridized carbons (Fsp3) is 0.905. The molecule has 1 unspecified atom stereocenters. The monoisotopic (exact) mass is 372 g/mol. The first-order valence-corrected chi connectivity index (χ1v) is 12.1. The number of rotatable bonds is 16. The van der Waals surface area contributed by atoms with Gasteiger partial charge in [-0.3, -0.25) is 9.09 Å². The van der Waals surface area contributed by atoms with Crippen molar-refractivity contribution >= 4 is 7.60 Å². The highest BCUT2D eigenvalue weighted by Crippen LogP contribution is 2.49. The summed E-state index contributed by atoms with van der Waals surface area (Å²) in [7, 11) is -2.97. The fourth-order valence-corrected chi connectivity index (χ4v) is 4.22. The van der Waals surface area contributed by atoms with Crippen LogP contribution < -0.4 is 0 Å². The maximum absolute atomic E-state index is 12.6. The molecule has 0 aromatic rings. The van der Waals surface area contributed by atoms with Crippen molar-refractivity contribution in [2.75, 3.05) is 19.4 Å². The summed E-state index contributed by atoms with van der Waals surface area (Å²) in [6.07, 6.45) is 13.8. The summed E-state index contributed by atoms with van der Waals surface area (Å²) in [4.78, 5) is 0. The predicted molar refractivity (Wildman–Crippen MR) is 109 cm³/mol. The maximum Gasteiger partial charge on any atom is 0.331 e. The van der Waals surface area contributed by atoms with E-state index in [1.54, 1.807) is 0 Å². The second-order valence-electron chi connectivity index (χ2n) is 7.23. The maximum atomic E-state index is 12.6. The molecule has 0 aromatic heterocycles. The van der Waals surface area contributed by atoms with Gasteiger partial charge < -0.3 is 4.52 Å². The second kappa shape index (κ2) is 17.1. The SMILES string of the molecule is CCCCCCCCCCC#CCOP(=O)(CCCC)OCC(C)C. The molecule has 0 spiro atoms. The van der Waals surface area contributed by atoms with Crippen LogP contribution >= 0.6 is 7.60 Å². The summed E-state index contributed by atoms with van der Waals surface area (Å²) >= 11 is 0. The predicted octanol–water partition coefficient (Wildman–Crippen LogP) is 7.20. The van der Waals surface area contributed by atoms with Crippen molar-refractivity contribution in [1.82, 2.24) is 0 Å². The van der Waals surface area contributed by atoms with Crippen molar-refractivity contribution in [2.45, 2.75) is 98.3 Å². The third-order valence-corrected chi connectivity index (χ3v) is 5.93. The molecule has 3 nitrogen and oxygen atoms in total. The van der Waals surface area contributed by atoms with Gasteiger partial charge >= 0.3 is 7.60 Å². The van der Waals surface area contributed by atoms with Crippen LogP contribution in [0.25, 0.3) is 0 Å². The van der Waals surface area contributed by atoms with E-state index in [4.69, 9.17) is 9.05 Å². The third-order valence-electron chi connectivity index (χ3n) is 4.00. The van der Waals surface area contributed by atoms with Crippen molar-refractivity contribution in [2.24, 2.45) is 5.92 Å². The Morgan fingerprint density at radius 3 is 2.00 bits per heavy atom. The summed E-state index contributed by atoms with van der Waals surface area (Å²) < 4.78 is 23.7. The molecule has 25 heavy (non-hydrogen) atoms. The van der Waals surface area contributed by atoms with Crippen LogP contribution in [-0.2, 0) is 13.6 Å². The number of hydrogen-bond donors (Lipinski definition) is 0. The summed E-state index contributed by atoms with van der Waals surface area (Å²) in [5.41, 5.74) is 0. The Morgan fingerprint density at radius 1 is 0.800 bits per heavy atom. The Kier molecular flexibility index (Phi) is 16.9. The molecule has 0 aliphatic carbocycles. The molecule has 0 radical (unpaired) electrons. The minimum Gasteiger partial charge on any atom is -0.308 e. The molecule has 0 aromatic carbocycles. The van der Waals surface area contributed by atoms with Gasteiger partial charge in [-0.25, -0.2) is 0 Å². The van der Waals surface area contributed by atoms with E-state index in [0.29, 0.717) is 18.7 Å². The van der Waals surface area contributed by atoms with E-state index < -0.39 is 7.60 Å². The molecule has 4 heteroatoms. The van der Waals surface area contributed by atoms with Crippen LogP contribution in [0.3, 0.4) is 0 Å². The van der Waals surface area contributed by atoms with Gasteiger partial charge in [-0.2, -0.15) is 0 Å². The summed E-state index contributed by atoms with van der Waals surface area (Å²) in [6.45, 7) is 9.13. The van der Waals surface area contributed by atoms with Crippen molar-refractivity contribution < 1.29 is 13.6 Å². The first-order chi connectivity index (χ1) is 12.0. The summed E-state index contributed by atoms with van der Waals surface area (Å²) in [6, 6.07) is 0. The van der Waals surface area contributed by atoms with E-state index in [9.17, 15) is 4.57 Å². The zero-order valence-corrected chi connectivity index (χ0v) is 18.0. The highest BCUT2D eigenvalue weighted by Gasteiger charge is 2.23. The van der Waals surface area contributed by atoms with Gasteiger partial charge in [0.2, 0.25) is 0 Å². The highest BCUT2D eigenvalue weighted by molar-refractivity contribution is 7.53. The van der Waals surface area contributed by atoms with Crippen LogP contribution in [0, 0.1) is 17.8 Å². The molecule has 1 atom stereocenters. The van der Waals surface area contributed by atoms with Gasteiger partial charge in [0.25, 0.3) is 0 Å². The Morgan fingerprint density at radius 2 is 1.40 bits per heavy atom. The van der Waals surface area contributed by atoms with Crippen LogP contribution in [0.1, 0.15) is 98.3 Å². The normalized spacial score (nSPS) is 13.5. The lowest BCUT2D eigenvalue weighted by atomic mass is 10.1. The minimum absolute atomic E-state index is 0.218. The molecule has 0 bridgehead atoms. The fourth-order valence-electron chi connectivity index (χ4n) is 2.40. The molecule has 0 heterocycles. The van der Waals surface area contributed by atoms with E-state index in [1.165, 1.54) is 44.9 Å². The van der Waals surface area contributed by atoms with Crippen LogP contribution in [0.5, 0.6) is 0 Å².